The van der Waals surface area contributed by atoms with Gasteiger partial charge in [-0.15, -0.1) is 0 Å². The second-order valence-electron chi connectivity index (χ2n) is 9.86. The maximum absolute atomic E-state index is 15.4. The lowest BCUT2D eigenvalue weighted by molar-refractivity contribution is -0.125. The van der Waals surface area contributed by atoms with Crippen LogP contribution in [0, 0.1) is 5.82 Å². The van der Waals surface area contributed by atoms with Crippen LogP contribution in [0.3, 0.4) is 0 Å². The second kappa shape index (κ2) is 9.62. The number of anilines is 2. The molecule has 0 spiro atoms. The monoisotopic (exact) mass is 495 g/mol. The highest BCUT2D eigenvalue weighted by Crippen LogP contribution is 2.34. The van der Waals surface area contributed by atoms with Crippen LogP contribution in [0.4, 0.5) is 15.9 Å². The van der Waals surface area contributed by atoms with Gasteiger partial charge >= 0.3 is 0 Å². The average Bonchev–Trinajstić information content (AvgIpc) is 3.44. The molecule has 10 nitrogen and oxygen atoms in total. The molecule has 3 aromatic rings. The highest BCUT2D eigenvalue weighted by Gasteiger charge is 2.43. The predicted octanol–water partition coefficient (Wildman–Crippen LogP) is 1.62. The molecular weight excluding hydrogens is 461 g/mol. The van der Waals surface area contributed by atoms with Crippen LogP contribution < -0.4 is 21.7 Å². The number of imidazole rings is 1. The maximum Gasteiger partial charge on any atom is 0.242 e. The van der Waals surface area contributed by atoms with Gasteiger partial charge in [-0.05, 0) is 44.5 Å². The molecule has 1 saturated carbocycles. The third kappa shape index (κ3) is 4.60. The molecule has 0 bridgehead atoms. The van der Waals surface area contributed by atoms with Gasteiger partial charge in [-0.2, -0.15) is 0 Å². The first-order valence-electron chi connectivity index (χ1n) is 12.6. The molecule has 0 radical (unpaired) electrons. The van der Waals surface area contributed by atoms with Crippen molar-refractivity contribution in [2.45, 2.75) is 57.8 Å². The van der Waals surface area contributed by atoms with E-state index in [9.17, 15) is 4.79 Å². The fourth-order valence-electron chi connectivity index (χ4n) is 4.93. The molecule has 5 N–H and O–H groups in total. The van der Waals surface area contributed by atoms with Crippen LogP contribution in [0.15, 0.2) is 24.8 Å². The third-order valence-corrected chi connectivity index (χ3v) is 7.39. The first kappa shape index (κ1) is 24.4. The molecule has 2 aromatic heterocycles. The first-order chi connectivity index (χ1) is 17.3. The standard InChI is InChI=1S/C25H34FN9O/c1-3-33(4-2)11-17-18(12-35-15-31-21-22(27)29-14-30-23(21)35)20(8-7-19(17)26)34-10-9-25(28,13-34)24(36)32-16-5-6-16/h7-8,14-16H,3-6,9-13,28H2,1-2H3,(H,32,36)(H2,27,29,30). The molecule has 1 aliphatic heterocycles. The zero-order chi connectivity index (χ0) is 25.4. The van der Waals surface area contributed by atoms with Crippen molar-refractivity contribution in [1.82, 2.24) is 29.7 Å². The van der Waals surface area contributed by atoms with Crippen LogP contribution in [0.2, 0.25) is 0 Å². The normalized spacial score (nSPS) is 20.0. The SMILES string of the molecule is CCN(CC)Cc1c(F)ccc(N2CCC(N)(C(=O)NC3CC3)C2)c1Cn1cnc2c(N)ncnc21. The molecule has 1 atom stereocenters. The van der Waals surface area contributed by atoms with Crippen LogP contribution in [-0.2, 0) is 17.9 Å². The first-order valence-corrected chi connectivity index (χ1v) is 12.6. The minimum Gasteiger partial charge on any atom is -0.382 e. The third-order valence-electron chi connectivity index (χ3n) is 7.39. The van der Waals surface area contributed by atoms with Gasteiger partial charge in [0.05, 0.1) is 12.9 Å². The molecule has 2 fully saturated rings. The van der Waals surface area contributed by atoms with Crippen molar-refractivity contribution in [2.24, 2.45) is 5.73 Å². The molecule has 1 aliphatic carbocycles. The predicted molar refractivity (Wildman–Crippen MR) is 137 cm³/mol. The summed E-state index contributed by atoms with van der Waals surface area (Å²) in [5, 5.41) is 3.05. The minimum atomic E-state index is -0.976. The molecule has 5 rings (SSSR count). The van der Waals surface area contributed by atoms with E-state index < -0.39 is 5.54 Å². The number of carbonyl (C=O) groups is 1. The molecule has 192 valence electrons. The van der Waals surface area contributed by atoms with Gasteiger partial charge in [0.2, 0.25) is 5.91 Å². The van der Waals surface area contributed by atoms with Crippen LogP contribution >= 0.6 is 0 Å². The van der Waals surface area contributed by atoms with E-state index in [0.29, 0.717) is 55.1 Å². The van der Waals surface area contributed by atoms with Crippen LogP contribution in [0.25, 0.3) is 11.2 Å². The van der Waals surface area contributed by atoms with Gasteiger partial charge in [0, 0.05) is 42.5 Å². The van der Waals surface area contributed by atoms with E-state index >= 15 is 4.39 Å². The summed E-state index contributed by atoms with van der Waals surface area (Å²) in [6, 6.07) is 3.56. The van der Waals surface area contributed by atoms with Crippen LogP contribution in [0.1, 0.15) is 44.2 Å². The van der Waals surface area contributed by atoms with Gasteiger partial charge in [-0.1, -0.05) is 13.8 Å². The van der Waals surface area contributed by atoms with Gasteiger partial charge in [0.15, 0.2) is 11.5 Å². The number of nitrogen functional groups attached to an aromatic ring is 1. The maximum atomic E-state index is 15.4. The smallest absolute Gasteiger partial charge is 0.242 e. The number of nitrogens with zero attached hydrogens (tertiary/aromatic N) is 6. The summed E-state index contributed by atoms with van der Waals surface area (Å²) in [6.45, 7) is 7.52. The lowest BCUT2D eigenvalue weighted by atomic mass is 9.98. The molecule has 11 heteroatoms. The van der Waals surface area contributed by atoms with E-state index in [1.807, 2.05) is 4.57 Å². The molecule has 1 aromatic carbocycles. The van der Waals surface area contributed by atoms with E-state index in [4.69, 9.17) is 11.5 Å². The highest BCUT2D eigenvalue weighted by molar-refractivity contribution is 5.88. The number of aromatic nitrogens is 4. The van der Waals surface area contributed by atoms with E-state index in [0.717, 1.165) is 37.2 Å². The summed E-state index contributed by atoms with van der Waals surface area (Å²) in [6.07, 6.45) is 5.61. The molecule has 2 aliphatic rings. The van der Waals surface area contributed by atoms with E-state index in [2.05, 4.69) is 43.9 Å². The van der Waals surface area contributed by atoms with Crippen LogP contribution in [0.5, 0.6) is 0 Å². The van der Waals surface area contributed by atoms with Crippen molar-refractivity contribution in [2.75, 3.05) is 36.8 Å². The van der Waals surface area contributed by atoms with Crippen molar-refractivity contribution >= 4 is 28.6 Å². The number of benzene rings is 1. The fourth-order valence-corrected chi connectivity index (χ4v) is 4.93. The zero-order valence-corrected chi connectivity index (χ0v) is 20.9. The Kier molecular flexibility index (Phi) is 6.52. The van der Waals surface area contributed by atoms with Gasteiger partial charge in [-0.3, -0.25) is 9.69 Å². The summed E-state index contributed by atoms with van der Waals surface area (Å²) in [4.78, 5) is 30.0. The quantitative estimate of drug-likeness (QED) is 0.408. The van der Waals surface area contributed by atoms with Crippen molar-refractivity contribution in [3.05, 3.63) is 41.7 Å². The fraction of sp³-hybridized carbons (Fsp3) is 0.520. The lowest BCUT2D eigenvalue weighted by Gasteiger charge is -2.28. The van der Waals surface area contributed by atoms with Gasteiger partial charge < -0.3 is 26.3 Å². The number of nitrogens with two attached hydrogens (primary N) is 2. The van der Waals surface area contributed by atoms with Crippen molar-refractivity contribution < 1.29 is 9.18 Å². The Hall–Kier alpha value is -3.31. The Balaban J connectivity index is 1.53. The Morgan fingerprint density at radius 3 is 2.72 bits per heavy atom. The topological polar surface area (TPSA) is 131 Å². The Morgan fingerprint density at radius 2 is 2.00 bits per heavy atom. The van der Waals surface area contributed by atoms with Crippen LogP contribution in [-0.4, -0.2) is 68.1 Å². The van der Waals surface area contributed by atoms with Crippen molar-refractivity contribution in [1.29, 1.82) is 0 Å². The molecule has 36 heavy (non-hydrogen) atoms. The minimum absolute atomic E-state index is 0.104. The summed E-state index contributed by atoms with van der Waals surface area (Å²) in [5.74, 6) is -0.0630. The summed E-state index contributed by atoms with van der Waals surface area (Å²) in [7, 11) is 0. The number of fused-ring (bicyclic) bond motifs is 1. The van der Waals surface area contributed by atoms with Gasteiger partial charge in [0.25, 0.3) is 0 Å². The number of hydrogen-bond acceptors (Lipinski definition) is 8. The second-order valence-corrected chi connectivity index (χ2v) is 9.86. The van der Waals surface area contributed by atoms with Gasteiger partial charge in [-0.25, -0.2) is 19.3 Å². The van der Waals surface area contributed by atoms with E-state index in [-0.39, 0.29) is 17.8 Å². The van der Waals surface area contributed by atoms with Gasteiger partial charge in [0.1, 0.15) is 23.2 Å². The Labute approximate surface area is 209 Å². The lowest BCUT2D eigenvalue weighted by Crippen LogP contribution is -2.56. The van der Waals surface area contributed by atoms with E-state index in [1.54, 1.807) is 12.4 Å². The molecule has 1 saturated heterocycles. The summed E-state index contributed by atoms with van der Waals surface area (Å²) < 4.78 is 17.2. The molecule has 1 unspecified atom stereocenters. The van der Waals surface area contributed by atoms with Crippen molar-refractivity contribution in [3.63, 3.8) is 0 Å². The number of nitrogens with one attached hydrogen (secondary N) is 1. The number of hydrogen-bond donors (Lipinski definition) is 3. The van der Waals surface area contributed by atoms with E-state index in [1.165, 1.54) is 12.4 Å². The van der Waals surface area contributed by atoms with Crippen molar-refractivity contribution in [3.8, 4) is 0 Å². The summed E-state index contributed by atoms with van der Waals surface area (Å²) >= 11 is 0. The molecule has 3 heterocycles. The number of carbonyl (C=O) groups excluding carboxylic acids is 1. The number of amides is 1. The number of rotatable bonds is 9. The Morgan fingerprint density at radius 1 is 1.22 bits per heavy atom. The average molecular weight is 496 g/mol. The number of halogens is 1. The zero-order valence-electron chi connectivity index (χ0n) is 20.9. The molecule has 1 amide bonds. The molecular formula is C25H34FN9O. The summed E-state index contributed by atoms with van der Waals surface area (Å²) in [5.41, 5.74) is 15.0. The highest BCUT2D eigenvalue weighted by atomic mass is 19.1. The largest absolute Gasteiger partial charge is 0.382 e. The Bertz CT molecular complexity index is 1270.